The van der Waals surface area contributed by atoms with E-state index in [4.69, 9.17) is 9.47 Å². The number of piperidine rings is 1. The van der Waals surface area contributed by atoms with Crippen LogP contribution < -0.4 is 9.47 Å². The molecule has 1 unspecified atom stereocenters. The van der Waals surface area contributed by atoms with Crippen LogP contribution in [0.3, 0.4) is 0 Å². The Labute approximate surface area is 153 Å². The van der Waals surface area contributed by atoms with Crippen LogP contribution in [-0.2, 0) is 9.53 Å². The van der Waals surface area contributed by atoms with Crippen molar-refractivity contribution >= 4 is 11.7 Å². The van der Waals surface area contributed by atoms with E-state index in [1.165, 1.54) is 19.2 Å². The predicted molar refractivity (Wildman–Crippen MR) is 95.5 cm³/mol. The molecular formula is C18H26N2O6. The molecule has 0 saturated carbocycles. The quantitative estimate of drug-likeness (QED) is 0.397. The summed E-state index contributed by atoms with van der Waals surface area (Å²) in [6.07, 6.45) is 2.07. The van der Waals surface area contributed by atoms with E-state index in [1.54, 1.807) is 6.07 Å². The summed E-state index contributed by atoms with van der Waals surface area (Å²) in [6.45, 7) is 3.99. The van der Waals surface area contributed by atoms with Crippen molar-refractivity contribution in [2.75, 3.05) is 33.9 Å². The number of carbonyl (C=O) groups is 1. The summed E-state index contributed by atoms with van der Waals surface area (Å²) in [6, 6.07) is 4.36. The Hall–Kier alpha value is -2.35. The van der Waals surface area contributed by atoms with Crippen molar-refractivity contribution in [1.29, 1.82) is 0 Å². The lowest BCUT2D eigenvalue weighted by Crippen LogP contribution is -2.35. The van der Waals surface area contributed by atoms with Gasteiger partial charge in [-0.2, -0.15) is 0 Å². The maximum atomic E-state index is 11.3. The normalized spacial score (nSPS) is 16.7. The third-order valence-electron chi connectivity index (χ3n) is 4.36. The summed E-state index contributed by atoms with van der Waals surface area (Å²) in [4.78, 5) is 24.2. The van der Waals surface area contributed by atoms with E-state index in [9.17, 15) is 14.9 Å². The predicted octanol–water partition coefficient (Wildman–Crippen LogP) is 2.65. The van der Waals surface area contributed by atoms with Gasteiger partial charge in [-0.15, -0.1) is 0 Å². The van der Waals surface area contributed by atoms with E-state index < -0.39 is 4.92 Å². The van der Waals surface area contributed by atoms with E-state index in [0.29, 0.717) is 11.5 Å². The van der Waals surface area contributed by atoms with Gasteiger partial charge in [0.25, 0.3) is 5.69 Å². The minimum absolute atomic E-state index is 0.0579. The lowest BCUT2D eigenvalue weighted by atomic mass is 10.1. The lowest BCUT2D eigenvalue weighted by Gasteiger charge is -2.29. The first kappa shape index (κ1) is 20.0. The van der Waals surface area contributed by atoms with Crippen LogP contribution in [0.4, 0.5) is 5.69 Å². The van der Waals surface area contributed by atoms with E-state index in [-0.39, 0.29) is 36.7 Å². The number of rotatable bonds is 8. The molecule has 26 heavy (non-hydrogen) atoms. The summed E-state index contributed by atoms with van der Waals surface area (Å²) in [7, 11) is 3.41. The second-order valence-electron chi connectivity index (χ2n) is 6.71. The number of esters is 1. The molecule has 2 rings (SSSR count). The van der Waals surface area contributed by atoms with Gasteiger partial charge in [0.05, 0.1) is 31.1 Å². The Kier molecular flexibility index (Phi) is 7.20. The zero-order valence-electron chi connectivity index (χ0n) is 15.5. The number of nitro benzene ring substituents is 1. The van der Waals surface area contributed by atoms with Gasteiger partial charge < -0.3 is 19.1 Å². The first-order chi connectivity index (χ1) is 12.4. The number of benzene rings is 1. The van der Waals surface area contributed by atoms with Gasteiger partial charge in [-0.3, -0.25) is 14.9 Å². The number of likely N-dealkylation sites (tertiary alicyclic amines) is 1. The summed E-state index contributed by atoms with van der Waals surface area (Å²) < 4.78 is 16.4. The molecule has 144 valence electrons. The van der Waals surface area contributed by atoms with Crippen molar-refractivity contribution in [1.82, 2.24) is 4.90 Å². The number of ether oxygens (including phenoxy) is 3. The van der Waals surface area contributed by atoms with E-state index in [2.05, 4.69) is 16.7 Å². The minimum Gasteiger partial charge on any atom is -0.489 e. The SMILES string of the molecule is COC(=O)CC(C)COc1cc([N+](=O)[O-])ccc1OC1CCN(C)CC1. The summed E-state index contributed by atoms with van der Waals surface area (Å²) in [5.41, 5.74) is -0.0589. The topological polar surface area (TPSA) is 91.1 Å². The Morgan fingerprint density at radius 2 is 2.04 bits per heavy atom. The van der Waals surface area contributed by atoms with Gasteiger partial charge >= 0.3 is 5.97 Å². The lowest BCUT2D eigenvalue weighted by molar-refractivity contribution is -0.385. The fourth-order valence-corrected chi connectivity index (χ4v) is 2.76. The Morgan fingerprint density at radius 3 is 2.65 bits per heavy atom. The van der Waals surface area contributed by atoms with Crippen LogP contribution in [-0.4, -0.2) is 55.8 Å². The number of nitrogens with zero attached hydrogens (tertiary/aromatic N) is 2. The molecule has 0 spiro atoms. The first-order valence-electron chi connectivity index (χ1n) is 8.72. The molecule has 0 aromatic heterocycles. The molecule has 1 atom stereocenters. The van der Waals surface area contributed by atoms with Gasteiger partial charge in [-0.25, -0.2) is 0 Å². The third kappa shape index (κ3) is 5.87. The number of non-ortho nitro benzene ring substituents is 1. The zero-order valence-corrected chi connectivity index (χ0v) is 15.5. The van der Waals surface area contributed by atoms with E-state index >= 15 is 0 Å². The minimum atomic E-state index is -0.468. The maximum absolute atomic E-state index is 11.3. The van der Waals surface area contributed by atoms with E-state index in [0.717, 1.165) is 25.9 Å². The molecule has 1 aliphatic heterocycles. The van der Waals surface area contributed by atoms with Gasteiger partial charge in [0.1, 0.15) is 6.10 Å². The number of nitro groups is 1. The van der Waals surface area contributed by atoms with Crippen LogP contribution >= 0.6 is 0 Å². The molecule has 1 aromatic rings. The molecule has 0 aliphatic carbocycles. The smallest absolute Gasteiger partial charge is 0.305 e. The average molecular weight is 366 g/mol. The van der Waals surface area contributed by atoms with Crippen molar-refractivity contribution in [2.24, 2.45) is 5.92 Å². The molecule has 8 nitrogen and oxygen atoms in total. The largest absolute Gasteiger partial charge is 0.489 e. The first-order valence-corrected chi connectivity index (χ1v) is 8.72. The molecule has 0 radical (unpaired) electrons. The second-order valence-corrected chi connectivity index (χ2v) is 6.71. The molecule has 0 N–H and O–H groups in total. The number of methoxy groups -OCH3 is 1. The summed E-state index contributed by atoms with van der Waals surface area (Å²) in [5, 5.41) is 11.1. The third-order valence-corrected chi connectivity index (χ3v) is 4.36. The fraction of sp³-hybridized carbons (Fsp3) is 0.611. The monoisotopic (exact) mass is 366 g/mol. The van der Waals surface area contributed by atoms with Crippen molar-refractivity contribution in [3.05, 3.63) is 28.3 Å². The van der Waals surface area contributed by atoms with Crippen LogP contribution in [0, 0.1) is 16.0 Å². The van der Waals surface area contributed by atoms with Crippen LogP contribution in [0.2, 0.25) is 0 Å². The van der Waals surface area contributed by atoms with E-state index in [1.807, 2.05) is 6.92 Å². The van der Waals surface area contributed by atoms with Gasteiger partial charge in [-0.1, -0.05) is 6.92 Å². The molecule has 0 amide bonds. The van der Waals surface area contributed by atoms with Gasteiger partial charge in [0.15, 0.2) is 11.5 Å². The van der Waals surface area contributed by atoms with Gasteiger partial charge in [-0.05, 0) is 26.0 Å². The molecular weight excluding hydrogens is 340 g/mol. The highest BCUT2D eigenvalue weighted by Gasteiger charge is 2.21. The highest BCUT2D eigenvalue weighted by atomic mass is 16.6. The fourth-order valence-electron chi connectivity index (χ4n) is 2.76. The highest BCUT2D eigenvalue weighted by Crippen LogP contribution is 2.33. The Morgan fingerprint density at radius 1 is 1.35 bits per heavy atom. The van der Waals surface area contributed by atoms with Crippen molar-refractivity contribution in [3.8, 4) is 11.5 Å². The number of carbonyl (C=O) groups excluding carboxylic acids is 1. The zero-order chi connectivity index (χ0) is 19.1. The summed E-state index contributed by atoms with van der Waals surface area (Å²) >= 11 is 0. The Bertz CT molecular complexity index is 628. The Balaban J connectivity index is 2.06. The molecule has 8 heteroatoms. The molecule has 0 bridgehead atoms. The highest BCUT2D eigenvalue weighted by molar-refractivity contribution is 5.69. The number of hydrogen-bond acceptors (Lipinski definition) is 7. The van der Waals surface area contributed by atoms with Crippen LogP contribution in [0.5, 0.6) is 11.5 Å². The van der Waals surface area contributed by atoms with Crippen molar-refractivity contribution in [2.45, 2.75) is 32.3 Å². The van der Waals surface area contributed by atoms with Crippen LogP contribution in [0.25, 0.3) is 0 Å². The number of hydrogen-bond donors (Lipinski definition) is 0. The maximum Gasteiger partial charge on any atom is 0.305 e. The van der Waals surface area contributed by atoms with Crippen molar-refractivity contribution < 1.29 is 23.9 Å². The summed E-state index contributed by atoms with van der Waals surface area (Å²) in [5.74, 6) is 0.422. The van der Waals surface area contributed by atoms with Crippen LogP contribution in [0.15, 0.2) is 18.2 Å². The van der Waals surface area contributed by atoms with Gasteiger partial charge in [0.2, 0.25) is 0 Å². The molecule has 1 aromatic carbocycles. The molecule has 1 heterocycles. The van der Waals surface area contributed by atoms with Gasteiger partial charge in [0, 0.05) is 25.1 Å². The molecule has 1 aliphatic rings. The molecule has 1 fully saturated rings. The van der Waals surface area contributed by atoms with Crippen LogP contribution in [0.1, 0.15) is 26.2 Å². The van der Waals surface area contributed by atoms with Crippen molar-refractivity contribution in [3.63, 3.8) is 0 Å². The standard InChI is InChI=1S/C18H26N2O6/c1-13(10-18(21)24-3)12-25-17-11-14(20(22)23)4-5-16(17)26-15-6-8-19(2)9-7-15/h4-5,11,13,15H,6-10,12H2,1-3H3. The second kappa shape index (κ2) is 9.38. The average Bonchev–Trinajstić information content (AvgIpc) is 2.62. The molecule has 1 saturated heterocycles.